The maximum Gasteiger partial charge on any atom is 0.431 e. The first-order valence-electron chi connectivity index (χ1n) is 5.47. The molecular formula is C11H17N3O4. The van der Waals surface area contributed by atoms with E-state index in [-0.39, 0.29) is 0 Å². The van der Waals surface area contributed by atoms with Gasteiger partial charge < -0.3 is 9.84 Å². The molecule has 100 valence electrons. The van der Waals surface area contributed by atoms with Crippen molar-refractivity contribution in [3.8, 4) is 0 Å². The zero-order chi connectivity index (χ0) is 13.9. The lowest BCUT2D eigenvalue weighted by Crippen LogP contribution is -2.52. The molecule has 0 bridgehead atoms. The summed E-state index contributed by atoms with van der Waals surface area (Å²) in [6.45, 7) is 6.50. The largest absolute Gasteiger partial charge is 0.480 e. The predicted molar refractivity (Wildman–Crippen MR) is 63.8 cm³/mol. The van der Waals surface area contributed by atoms with Gasteiger partial charge in [0, 0.05) is 6.20 Å². The first-order valence-corrected chi connectivity index (χ1v) is 5.47. The third kappa shape index (κ3) is 3.47. The van der Waals surface area contributed by atoms with Crippen LogP contribution in [0.2, 0.25) is 0 Å². The third-order valence-corrected chi connectivity index (χ3v) is 2.02. The number of carbonyl (C=O) groups is 2. The van der Waals surface area contributed by atoms with Gasteiger partial charge in [0.1, 0.15) is 5.60 Å². The molecule has 0 saturated heterocycles. The minimum atomic E-state index is -1.14. The molecule has 7 nitrogen and oxygen atoms in total. The molecule has 18 heavy (non-hydrogen) atoms. The molecule has 1 rings (SSSR count). The van der Waals surface area contributed by atoms with Crippen LogP contribution in [0.4, 0.5) is 4.79 Å². The number of ether oxygens (including phenoxy) is 1. The Morgan fingerprint density at radius 1 is 1.44 bits per heavy atom. The highest BCUT2D eigenvalue weighted by molar-refractivity contribution is 5.88. The van der Waals surface area contributed by atoms with Crippen molar-refractivity contribution < 1.29 is 19.4 Å². The lowest BCUT2D eigenvalue weighted by atomic mass is 10.2. The monoisotopic (exact) mass is 255 g/mol. The summed E-state index contributed by atoms with van der Waals surface area (Å²) in [6.07, 6.45) is 2.16. The number of carbonyl (C=O) groups excluding carboxylic acids is 1. The van der Waals surface area contributed by atoms with Crippen molar-refractivity contribution >= 4 is 12.1 Å². The summed E-state index contributed by atoms with van der Waals surface area (Å²) in [5.41, 5.74) is -0.708. The maximum atomic E-state index is 12.0. The molecular weight excluding hydrogens is 238 g/mol. The third-order valence-electron chi connectivity index (χ3n) is 2.02. The molecule has 1 aromatic rings. The van der Waals surface area contributed by atoms with Gasteiger partial charge in [-0.3, -0.25) is 0 Å². The van der Waals surface area contributed by atoms with Gasteiger partial charge in [0.05, 0.1) is 6.20 Å². The molecule has 7 heteroatoms. The highest BCUT2D eigenvalue weighted by atomic mass is 16.6. The number of amides is 1. The Morgan fingerprint density at radius 3 is 2.44 bits per heavy atom. The SMILES string of the molecule is C[C@@H](C(=O)O)N(C(=O)OC(C)(C)C)n1cccn1. The number of carboxylic acid groups (broad SMARTS) is 1. The Labute approximate surface area is 105 Å². The Morgan fingerprint density at radius 2 is 2.06 bits per heavy atom. The summed E-state index contributed by atoms with van der Waals surface area (Å²) in [7, 11) is 0. The zero-order valence-corrected chi connectivity index (χ0v) is 10.8. The molecule has 0 spiro atoms. The fraction of sp³-hybridized carbons (Fsp3) is 0.545. The number of rotatable bonds is 3. The molecule has 1 aromatic heterocycles. The van der Waals surface area contributed by atoms with Gasteiger partial charge in [-0.05, 0) is 33.8 Å². The number of nitrogens with zero attached hydrogens (tertiary/aromatic N) is 3. The van der Waals surface area contributed by atoms with E-state index in [9.17, 15) is 9.59 Å². The summed E-state index contributed by atoms with van der Waals surface area (Å²) in [5.74, 6) is -1.14. The molecule has 0 radical (unpaired) electrons. The standard InChI is InChI=1S/C11H17N3O4/c1-8(9(15)16)14(13-7-5-6-12-13)10(17)18-11(2,3)4/h5-8H,1-4H3,(H,15,16)/t8-/m0/s1. The minimum Gasteiger partial charge on any atom is -0.480 e. The molecule has 1 N–H and O–H groups in total. The van der Waals surface area contributed by atoms with E-state index in [1.807, 2.05) is 0 Å². The van der Waals surface area contributed by atoms with Gasteiger partial charge in [-0.15, -0.1) is 0 Å². The van der Waals surface area contributed by atoms with Crippen molar-refractivity contribution in [2.24, 2.45) is 0 Å². The topological polar surface area (TPSA) is 84.7 Å². The smallest absolute Gasteiger partial charge is 0.431 e. The molecule has 0 fully saturated rings. The highest BCUT2D eigenvalue weighted by Gasteiger charge is 2.31. The van der Waals surface area contributed by atoms with Crippen LogP contribution in [-0.4, -0.2) is 38.7 Å². The number of aliphatic carboxylic acids is 1. The second-order valence-electron chi connectivity index (χ2n) is 4.77. The highest BCUT2D eigenvalue weighted by Crippen LogP contribution is 2.11. The maximum absolute atomic E-state index is 12.0. The quantitative estimate of drug-likeness (QED) is 0.878. The summed E-state index contributed by atoms with van der Waals surface area (Å²) in [4.78, 5) is 24.1. The fourth-order valence-corrected chi connectivity index (χ4v) is 1.22. The van der Waals surface area contributed by atoms with Crippen molar-refractivity contribution in [1.29, 1.82) is 0 Å². The molecule has 0 unspecified atom stereocenters. The minimum absolute atomic E-state index is 0.708. The average Bonchev–Trinajstić information content (AvgIpc) is 2.67. The Kier molecular flexibility index (Phi) is 3.95. The molecule has 0 aliphatic rings. The Hall–Kier alpha value is -2.05. The van der Waals surface area contributed by atoms with Gasteiger partial charge in [0.15, 0.2) is 6.04 Å². The second-order valence-corrected chi connectivity index (χ2v) is 4.77. The molecule has 1 amide bonds. The van der Waals surface area contributed by atoms with Gasteiger partial charge in [-0.25, -0.2) is 9.59 Å². The van der Waals surface area contributed by atoms with Gasteiger partial charge >= 0.3 is 12.1 Å². The van der Waals surface area contributed by atoms with Crippen LogP contribution < -0.4 is 5.01 Å². The summed E-state index contributed by atoms with van der Waals surface area (Å²) in [5, 5.41) is 13.8. The van der Waals surface area contributed by atoms with Crippen LogP contribution in [0.5, 0.6) is 0 Å². The summed E-state index contributed by atoms with van der Waals surface area (Å²) >= 11 is 0. The van der Waals surface area contributed by atoms with Crippen LogP contribution in [0, 0.1) is 0 Å². The first-order chi connectivity index (χ1) is 8.22. The van der Waals surface area contributed by atoms with E-state index in [0.29, 0.717) is 0 Å². The fourth-order valence-electron chi connectivity index (χ4n) is 1.22. The molecule has 0 aliphatic carbocycles. The molecule has 0 saturated carbocycles. The second kappa shape index (κ2) is 5.07. The van der Waals surface area contributed by atoms with E-state index < -0.39 is 23.7 Å². The van der Waals surface area contributed by atoms with E-state index in [1.165, 1.54) is 19.3 Å². The van der Waals surface area contributed by atoms with Crippen molar-refractivity contribution in [2.45, 2.75) is 39.3 Å². The van der Waals surface area contributed by atoms with Gasteiger partial charge in [0.25, 0.3) is 0 Å². The lowest BCUT2D eigenvalue weighted by molar-refractivity contribution is -0.138. The van der Waals surface area contributed by atoms with E-state index in [4.69, 9.17) is 9.84 Å². The van der Waals surface area contributed by atoms with E-state index in [2.05, 4.69) is 5.10 Å². The van der Waals surface area contributed by atoms with Crippen LogP contribution in [0.25, 0.3) is 0 Å². The average molecular weight is 255 g/mol. The van der Waals surface area contributed by atoms with E-state index in [0.717, 1.165) is 9.80 Å². The van der Waals surface area contributed by atoms with Crippen LogP contribution in [-0.2, 0) is 9.53 Å². The van der Waals surface area contributed by atoms with E-state index >= 15 is 0 Å². The number of hydrogen-bond acceptors (Lipinski definition) is 4. The predicted octanol–water partition coefficient (Wildman–Crippen LogP) is 1.23. The summed E-state index contributed by atoms with van der Waals surface area (Å²) in [6, 6.07) is 0.506. The molecule has 0 aliphatic heterocycles. The van der Waals surface area contributed by atoms with Crippen molar-refractivity contribution in [2.75, 3.05) is 5.01 Å². The normalized spacial score (nSPS) is 12.9. The van der Waals surface area contributed by atoms with E-state index in [1.54, 1.807) is 26.8 Å². The van der Waals surface area contributed by atoms with Gasteiger partial charge in [-0.1, -0.05) is 0 Å². The Balaban J connectivity index is 2.99. The zero-order valence-electron chi connectivity index (χ0n) is 10.8. The van der Waals surface area contributed by atoms with Crippen LogP contribution >= 0.6 is 0 Å². The van der Waals surface area contributed by atoms with Crippen molar-refractivity contribution in [1.82, 2.24) is 9.89 Å². The lowest BCUT2D eigenvalue weighted by Gasteiger charge is -2.29. The Bertz CT molecular complexity index is 422. The van der Waals surface area contributed by atoms with Crippen LogP contribution in [0.3, 0.4) is 0 Å². The number of carboxylic acids is 1. The van der Waals surface area contributed by atoms with Crippen molar-refractivity contribution in [3.05, 3.63) is 18.5 Å². The molecule has 0 aromatic carbocycles. The summed E-state index contributed by atoms with van der Waals surface area (Å²) < 4.78 is 5.16. The molecule has 1 atom stereocenters. The number of aromatic nitrogens is 2. The molecule has 1 heterocycles. The van der Waals surface area contributed by atoms with Crippen LogP contribution in [0.1, 0.15) is 27.7 Å². The van der Waals surface area contributed by atoms with Crippen LogP contribution in [0.15, 0.2) is 18.5 Å². The van der Waals surface area contributed by atoms with Gasteiger partial charge in [0.2, 0.25) is 0 Å². The first kappa shape index (κ1) is 14.0. The number of hydrogen-bond donors (Lipinski definition) is 1. The van der Waals surface area contributed by atoms with Gasteiger partial charge in [-0.2, -0.15) is 14.9 Å². The van der Waals surface area contributed by atoms with Crippen molar-refractivity contribution in [3.63, 3.8) is 0 Å².